The molecule has 0 radical (unpaired) electrons. The maximum absolute atomic E-state index is 2.40. The van der Waals surface area contributed by atoms with E-state index < -0.39 is 0 Å². The molecule has 0 aliphatic heterocycles. The fourth-order valence-corrected chi connectivity index (χ4v) is 3.01. The van der Waals surface area contributed by atoms with Crippen LogP contribution in [0.15, 0.2) is 42.5 Å². The molecule has 0 atom stereocenters. The van der Waals surface area contributed by atoms with E-state index in [-0.39, 0.29) is 0 Å². The maximum Gasteiger partial charge on any atom is 0.0133 e. The Morgan fingerprint density at radius 3 is 2.25 bits per heavy atom. The Morgan fingerprint density at radius 2 is 1.44 bits per heavy atom. The molecule has 0 nitrogen and oxygen atoms in total. The number of hydrogen-bond donors (Lipinski definition) is 0. The van der Waals surface area contributed by atoms with E-state index in [0.717, 1.165) is 6.42 Å². The van der Waals surface area contributed by atoms with E-state index >= 15 is 0 Å². The first-order valence-electron chi connectivity index (χ1n) is 5.67. The van der Waals surface area contributed by atoms with Crippen LogP contribution in [0.4, 0.5) is 0 Å². The fourth-order valence-electron chi connectivity index (χ4n) is 2.45. The smallest absolute Gasteiger partial charge is 0.0133 e. The van der Waals surface area contributed by atoms with Gasteiger partial charge in [-0.3, -0.25) is 0 Å². The molecule has 16 heavy (non-hydrogen) atoms. The predicted octanol–water partition coefficient (Wildman–Crippen LogP) is 3.98. The first-order valence-corrected chi connectivity index (χ1v) is 6.75. The van der Waals surface area contributed by atoms with Gasteiger partial charge in [-0.15, -0.1) is 0 Å². The molecular formula is C15H13I. The highest BCUT2D eigenvalue weighted by Crippen LogP contribution is 2.25. The summed E-state index contributed by atoms with van der Waals surface area (Å²) in [6, 6.07) is 15.7. The highest BCUT2D eigenvalue weighted by molar-refractivity contribution is 14.1. The van der Waals surface area contributed by atoms with Crippen LogP contribution in [0.25, 0.3) is 0 Å². The Kier molecular flexibility index (Phi) is 2.72. The van der Waals surface area contributed by atoms with Crippen molar-refractivity contribution in [3.05, 3.63) is 68.3 Å². The molecule has 0 amide bonds. The lowest BCUT2D eigenvalue weighted by molar-refractivity contribution is 0.965. The lowest BCUT2D eigenvalue weighted by Gasteiger charge is -2.06. The van der Waals surface area contributed by atoms with Crippen molar-refractivity contribution in [3.8, 4) is 0 Å². The second kappa shape index (κ2) is 4.21. The summed E-state index contributed by atoms with van der Waals surface area (Å²) >= 11 is 2.40. The van der Waals surface area contributed by atoms with Crippen molar-refractivity contribution in [1.29, 1.82) is 0 Å². The molecule has 0 spiro atoms. The Labute approximate surface area is 110 Å². The van der Waals surface area contributed by atoms with Gasteiger partial charge < -0.3 is 0 Å². The van der Waals surface area contributed by atoms with Gasteiger partial charge in [0, 0.05) is 3.57 Å². The van der Waals surface area contributed by atoms with Gasteiger partial charge in [-0.25, -0.2) is 0 Å². The molecule has 0 heterocycles. The van der Waals surface area contributed by atoms with Gasteiger partial charge in [-0.1, -0.05) is 30.3 Å². The molecule has 80 valence electrons. The summed E-state index contributed by atoms with van der Waals surface area (Å²) in [4.78, 5) is 0. The van der Waals surface area contributed by atoms with Crippen LogP contribution in [0.1, 0.15) is 22.3 Å². The van der Waals surface area contributed by atoms with Crippen molar-refractivity contribution in [2.24, 2.45) is 0 Å². The lowest BCUT2D eigenvalue weighted by atomic mass is 10.0. The first kappa shape index (κ1) is 10.3. The van der Waals surface area contributed by atoms with Crippen LogP contribution in [-0.2, 0) is 19.3 Å². The van der Waals surface area contributed by atoms with Crippen LogP contribution in [0, 0.1) is 3.57 Å². The number of benzene rings is 2. The zero-order valence-corrected chi connectivity index (χ0v) is 11.2. The third-order valence-electron chi connectivity index (χ3n) is 3.33. The van der Waals surface area contributed by atoms with Crippen molar-refractivity contribution in [3.63, 3.8) is 0 Å². The summed E-state index contributed by atoms with van der Waals surface area (Å²) in [5.41, 5.74) is 6.06. The Bertz CT molecular complexity index is 529. The first-order chi connectivity index (χ1) is 7.83. The Morgan fingerprint density at radius 1 is 0.750 bits per heavy atom. The van der Waals surface area contributed by atoms with E-state index in [1.807, 2.05) is 0 Å². The van der Waals surface area contributed by atoms with Gasteiger partial charge in [0.25, 0.3) is 0 Å². The topological polar surface area (TPSA) is 0 Å². The standard InChI is InChI=1S/C15H13I/c16-15-8-7-12-6-5-11-3-1-2-4-13(11)9-14(12)10-15/h1-4,7-8,10H,5-6,9H2. The minimum atomic E-state index is 1.10. The van der Waals surface area contributed by atoms with E-state index in [2.05, 4.69) is 65.1 Å². The van der Waals surface area contributed by atoms with Crippen LogP contribution >= 0.6 is 22.6 Å². The number of hydrogen-bond acceptors (Lipinski definition) is 0. The van der Waals surface area contributed by atoms with Gasteiger partial charge in [0.05, 0.1) is 0 Å². The number of rotatable bonds is 0. The zero-order chi connectivity index (χ0) is 11.0. The van der Waals surface area contributed by atoms with Crippen molar-refractivity contribution < 1.29 is 0 Å². The van der Waals surface area contributed by atoms with Gasteiger partial charge in [-0.2, -0.15) is 0 Å². The summed E-state index contributed by atoms with van der Waals surface area (Å²) < 4.78 is 1.34. The summed E-state index contributed by atoms with van der Waals surface area (Å²) in [5, 5.41) is 0. The fraction of sp³-hybridized carbons (Fsp3) is 0.200. The molecule has 1 aliphatic carbocycles. The molecule has 3 rings (SSSR count). The van der Waals surface area contributed by atoms with E-state index in [0.29, 0.717) is 0 Å². The molecule has 2 aromatic rings. The molecule has 0 saturated carbocycles. The van der Waals surface area contributed by atoms with E-state index in [4.69, 9.17) is 0 Å². The Balaban J connectivity index is 2.10. The molecule has 0 unspecified atom stereocenters. The second-order valence-corrected chi connectivity index (χ2v) is 5.60. The molecule has 0 saturated heterocycles. The summed E-state index contributed by atoms with van der Waals surface area (Å²) in [6.07, 6.45) is 3.47. The third kappa shape index (κ3) is 1.88. The summed E-state index contributed by atoms with van der Waals surface area (Å²) in [6.45, 7) is 0. The van der Waals surface area contributed by atoms with Crippen molar-refractivity contribution in [1.82, 2.24) is 0 Å². The Hall–Kier alpha value is -0.830. The normalized spacial score (nSPS) is 13.8. The molecule has 2 aromatic carbocycles. The number of fused-ring (bicyclic) bond motifs is 2. The number of aryl methyl sites for hydroxylation is 2. The van der Waals surface area contributed by atoms with Crippen molar-refractivity contribution >= 4 is 22.6 Å². The van der Waals surface area contributed by atoms with Gasteiger partial charge in [0.15, 0.2) is 0 Å². The molecule has 1 aliphatic rings. The molecule has 0 fully saturated rings. The van der Waals surface area contributed by atoms with Crippen LogP contribution in [0.2, 0.25) is 0 Å². The monoisotopic (exact) mass is 320 g/mol. The van der Waals surface area contributed by atoms with Crippen LogP contribution in [-0.4, -0.2) is 0 Å². The molecule has 0 N–H and O–H groups in total. The van der Waals surface area contributed by atoms with Crippen molar-refractivity contribution in [2.45, 2.75) is 19.3 Å². The minimum Gasteiger partial charge on any atom is -0.0620 e. The van der Waals surface area contributed by atoms with Gasteiger partial charge in [-0.05, 0) is 76.2 Å². The molecular weight excluding hydrogens is 307 g/mol. The second-order valence-electron chi connectivity index (χ2n) is 4.36. The molecule has 0 bridgehead atoms. The highest BCUT2D eigenvalue weighted by Gasteiger charge is 2.12. The highest BCUT2D eigenvalue weighted by atomic mass is 127. The van der Waals surface area contributed by atoms with Crippen LogP contribution < -0.4 is 0 Å². The van der Waals surface area contributed by atoms with E-state index in [9.17, 15) is 0 Å². The average molecular weight is 320 g/mol. The largest absolute Gasteiger partial charge is 0.0620 e. The van der Waals surface area contributed by atoms with Crippen LogP contribution in [0.5, 0.6) is 0 Å². The van der Waals surface area contributed by atoms with Gasteiger partial charge in [0.2, 0.25) is 0 Å². The third-order valence-corrected chi connectivity index (χ3v) is 4.00. The quantitative estimate of drug-likeness (QED) is 0.644. The maximum atomic E-state index is 2.40. The predicted molar refractivity (Wildman–Crippen MR) is 75.8 cm³/mol. The lowest BCUT2D eigenvalue weighted by Crippen LogP contribution is -1.92. The SMILES string of the molecule is Ic1ccc2c(c1)Cc1ccccc1CC2. The van der Waals surface area contributed by atoms with Crippen LogP contribution in [0.3, 0.4) is 0 Å². The van der Waals surface area contributed by atoms with Gasteiger partial charge >= 0.3 is 0 Å². The molecule has 0 aromatic heterocycles. The summed E-state index contributed by atoms with van der Waals surface area (Å²) in [5.74, 6) is 0. The molecule has 1 heteroatoms. The average Bonchev–Trinajstić information content (AvgIpc) is 2.47. The van der Waals surface area contributed by atoms with E-state index in [1.165, 1.54) is 38.7 Å². The van der Waals surface area contributed by atoms with Gasteiger partial charge in [0.1, 0.15) is 0 Å². The summed E-state index contributed by atoms with van der Waals surface area (Å²) in [7, 11) is 0. The van der Waals surface area contributed by atoms with Crippen molar-refractivity contribution in [2.75, 3.05) is 0 Å². The minimum absolute atomic E-state index is 1.10. The van der Waals surface area contributed by atoms with E-state index in [1.54, 1.807) is 0 Å². The number of halogens is 1. The zero-order valence-electron chi connectivity index (χ0n) is 9.04.